The molecule has 2 heterocycles. The highest BCUT2D eigenvalue weighted by molar-refractivity contribution is 5.09. The normalized spacial score (nSPS) is 23.6. The highest BCUT2D eigenvalue weighted by Gasteiger charge is 2.17. The Morgan fingerprint density at radius 2 is 2.21 bits per heavy atom. The Labute approximate surface area is 84.4 Å². The smallest absolute Gasteiger partial charge is 0.0667 e. The molecular weight excluding hydrogens is 176 g/mol. The fourth-order valence-electron chi connectivity index (χ4n) is 1.92. The number of aliphatic hydroxyl groups excluding tert-OH is 1. The molecule has 0 unspecified atom stereocenters. The van der Waals surface area contributed by atoms with Crippen LogP contribution in [0.3, 0.4) is 0 Å². The summed E-state index contributed by atoms with van der Waals surface area (Å²) in [6.45, 7) is 2.83. The number of hydrogen-bond donors (Lipinski definition) is 1. The highest BCUT2D eigenvalue weighted by atomic mass is 16.3. The largest absolute Gasteiger partial charge is 0.392 e. The molecule has 1 aromatic heterocycles. The van der Waals surface area contributed by atoms with Crippen LogP contribution in [0.5, 0.6) is 0 Å². The van der Waals surface area contributed by atoms with E-state index in [0.717, 1.165) is 32.5 Å². The standard InChI is InChI=1S/C11H16N2O/c14-11-2-1-7-13(9-11)8-10-3-5-12-6-4-10/h3-6,11,14H,1-2,7-9H2/t11-/m0/s1. The second-order valence-corrected chi connectivity index (χ2v) is 3.89. The predicted octanol–water partition coefficient (Wildman–Crippen LogP) is 1.04. The number of nitrogens with zero attached hydrogens (tertiary/aromatic N) is 2. The van der Waals surface area contributed by atoms with Crippen LogP contribution in [0.1, 0.15) is 18.4 Å². The van der Waals surface area contributed by atoms with E-state index in [1.165, 1.54) is 5.56 Å². The number of rotatable bonds is 2. The number of aliphatic hydroxyl groups is 1. The van der Waals surface area contributed by atoms with Crippen LogP contribution in [0.4, 0.5) is 0 Å². The molecule has 0 amide bonds. The van der Waals surface area contributed by atoms with Crippen molar-refractivity contribution in [3.05, 3.63) is 30.1 Å². The minimum Gasteiger partial charge on any atom is -0.392 e. The summed E-state index contributed by atoms with van der Waals surface area (Å²) in [5.74, 6) is 0. The maximum absolute atomic E-state index is 9.50. The lowest BCUT2D eigenvalue weighted by atomic mass is 10.1. The average Bonchev–Trinajstić information content (AvgIpc) is 2.19. The Kier molecular flexibility index (Phi) is 3.11. The fourth-order valence-corrected chi connectivity index (χ4v) is 1.92. The summed E-state index contributed by atoms with van der Waals surface area (Å²) < 4.78 is 0. The Bertz CT molecular complexity index is 276. The molecule has 0 aliphatic carbocycles. The van der Waals surface area contributed by atoms with Gasteiger partial charge in [-0.25, -0.2) is 0 Å². The van der Waals surface area contributed by atoms with Crippen LogP contribution in [0.2, 0.25) is 0 Å². The molecule has 0 bridgehead atoms. The second-order valence-electron chi connectivity index (χ2n) is 3.89. The van der Waals surface area contributed by atoms with E-state index < -0.39 is 0 Å². The summed E-state index contributed by atoms with van der Waals surface area (Å²) in [5.41, 5.74) is 1.27. The summed E-state index contributed by atoms with van der Waals surface area (Å²) in [4.78, 5) is 6.28. The number of likely N-dealkylation sites (tertiary alicyclic amines) is 1. The lowest BCUT2D eigenvalue weighted by Gasteiger charge is -2.29. The Hall–Kier alpha value is -0.930. The molecule has 1 aliphatic rings. The predicted molar refractivity (Wildman–Crippen MR) is 54.8 cm³/mol. The van der Waals surface area contributed by atoms with Gasteiger partial charge in [0, 0.05) is 25.5 Å². The van der Waals surface area contributed by atoms with Crippen molar-refractivity contribution in [1.29, 1.82) is 0 Å². The van der Waals surface area contributed by atoms with Crippen molar-refractivity contribution in [3.8, 4) is 0 Å². The summed E-state index contributed by atoms with van der Waals surface area (Å²) in [6.07, 6.45) is 5.55. The zero-order valence-corrected chi connectivity index (χ0v) is 8.26. The van der Waals surface area contributed by atoms with Crippen LogP contribution in [0.25, 0.3) is 0 Å². The van der Waals surface area contributed by atoms with Crippen LogP contribution < -0.4 is 0 Å². The third kappa shape index (κ3) is 2.53. The highest BCUT2D eigenvalue weighted by Crippen LogP contribution is 2.12. The first-order valence-corrected chi connectivity index (χ1v) is 5.14. The summed E-state index contributed by atoms with van der Waals surface area (Å²) in [5, 5.41) is 9.50. The van der Waals surface area contributed by atoms with E-state index in [0.29, 0.717) is 0 Å². The van der Waals surface area contributed by atoms with Gasteiger partial charge in [-0.2, -0.15) is 0 Å². The number of piperidine rings is 1. The SMILES string of the molecule is O[C@H]1CCCN(Cc2ccncc2)C1. The molecule has 1 aromatic rings. The Morgan fingerprint density at radius 3 is 2.93 bits per heavy atom. The average molecular weight is 192 g/mol. The summed E-state index contributed by atoms with van der Waals surface area (Å²) in [7, 11) is 0. The number of β-amino-alcohol motifs (C(OH)–C–C–N with tert-alkyl or cyclic N) is 1. The molecule has 0 saturated carbocycles. The summed E-state index contributed by atoms with van der Waals surface area (Å²) in [6, 6.07) is 4.06. The van der Waals surface area contributed by atoms with Crippen molar-refractivity contribution in [2.45, 2.75) is 25.5 Å². The van der Waals surface area contributed by atoms with Crippen LogP contribution in [0, 0.1) is 0 Å². The van der Waals surface area contributed by atoms with Gasteiger partial charge in [0.1, 0.15) is 0 Å². The molecule has 0 aromatic carbocycles. The number of pyridine rings is 1. The molecular formula is C11H16N2O. The van der Waals surface area contributed by atoms with E-state index in [2.05, 4.69) is 9.88 Å². The van der Waals surface area contributed by atoms with Gasteiger partial charge in [-0.05, 0) is 37.1 Å². The Balaban J connectivity index is 1.91. The Morgan fingerprint density at radius 1 is 1.43 bits per heavy atom. The van der Waals surface area contributed by atoms with E-state index in [9.17, 15) is 5.11 Å². The van der Waals surface area contributed by atoms with Crippen molar-refractivity contribution in [1.82, 2.24) is 9.88 Å². The quantitative estimate of drug-likeness (QED) is 0.760. The van der Waals surface area contributed by atoms with Gasteiger partial charge < -0.3 is 5.11 Å². The minimum atomic E-state index is -0.134. The molecule has 3 nitrogen and oxygen atoms in total. The van der Waals surface area contributed by atoms with Gasteiger partial charge in [-0.1, -0.05) is 0 Å². The van der Waals surface area contributed by atoms with Gasteiger partial charge in [-0.3, -0.25) is 9.88 Å². The van der Waals surface area contributed by atoms with Crippen LogP contribution in [-0.4, -0.2) is 34.2 Å². The molecule has 0 spiro atoms. The third-order valence-electron chi connectivity index (χ3n) is 2.64. The molecule has 14 heavy (non-hydrogen) atoms. The number of aromatic nitrogens is 1. The van der Waals surface area contributed by atoms with Crippen molar-refractivity contribution in [2.24, 2.45) is 0 Å². The van der Waals surface area contributed by atoms with Gasteiger partial charge in [0.15, 0.2) is 0 Å². The van der Waals surface area contributed by atoms with Crippen molar-refractivity contribution >= 4 is 0 Å². The lowest BCUT2D eigenvalue weighted by molar-refractivity contribution is 0.0668. The van der Waals surface area contributed by atoms with Gasteiger partial charge in [0.2, 0.25) is 0 Å². The van der Waals surface area contributed by atoms with Crippen LogP contribution in [0.15, 0.2) is 24.5 Å². The molecule has 1 fully saturated rings. The third-order valence-corrected chi connectivity index (χ3v) is 2.64. The topological polar surface area (TPSA) is 36.4 Å². The zero-order valence-electron chi connectivity index (χ0n) is 8.26. The van der Waals surface area contributed by atoms with Crippen molar-refractivity contribution in [2.75, 3.05) is 13.1 Å². The second kappa shape index (κ2) is 4.53. The van der Waals surface area contributed by atoms with E-state index in [1.807, 2.05) is 24.5 Å². The van der Waals surface area contributed by atoms with E-state index in [-0.39, 0.29) is 6.10 Å². The summed E-state index contributed by atoms with van der Waals surface area (Å²) >= 11 is 0. The van der Waals surface area contributed by atoms with Gasteiger partial charge in [-0.15, -0.1) is 0 Å². The van der Waals surface area contributed by atoms with Crippen molar-refractivity contribution in [3.63, 3.8) is 0 Å². The van der Waals surface area contributed by atoms with Gasteiger partial charge in [0.25, 0.3) is 0 Å². The lowest BCUT2D eigenvalue weighted by Crippen LogP contribution is -2.37. The van der Waals surface area contributed by atoms with Crippen LogP contribution >= 0.6 is 0 Å². The molecule has 1 atom stereocenters. The molecule has 0 radical (unpaired) electrons. The van der Waals surface area contributed by atoms with E-state index >= 15 is 0 Å². The molecule has 1 N–H and O–H groups in total. The van der Waals surface area contributed by atoms with E-state index in [1.54, 1.807) is 0 Å². The van der Waals surface area contributed by atoms with Gasteiger partial charge in [0.05, 0.1) is 6.10 Å². The maximum Gasteiger partial charge on any atom is 0.0667 e. The van der Waals surface area contributed by atoms with Crippen molar-refractivity contribution < 1.29 is 5.11 Å². The maximum atomic E-state index is 9.50. The molecule has 1 aliphatic heterocycles. The first kappa shape index (κ1) is 9.62. The van der Waals surface area contributed by atoms with E-state index in [4.69, 9.17) is 0 Å². The first-order valence-electron chi connectivity index (χ1n) is 5.14. The number of hydrogen-bond acceptors (Lipinski definition) is 3. The molecule has 2 rings (SSSR count). The van der Waals surface area contributed by atoms with Crippen LogP contribution in [-0.2, 0) is 6.54 Å². The van der Waals surface area contributed by atoms with Gasteiger partial charge >= 0.3 is 0 Å². The monoisotopic (exact) mass is 192 g/mol. The zero-order chi connectivity index (χ0) is 9.80. The minimum absolute atomic E-state index is 0.134. The molecule has 76 valence electrons. The first-order chi connectivity index (χ1) is 6.84. The molecule has 1 saturated heterocycles. The molecule has 3 heteroatoms. The fraction of sp³-hybridized carbons (Fsp3) is 0.545.